The zero-order chi connectivity index (χ0) is 27.4. The summed E-state index contributed by atoms with van der Waals surface area (Å²) in [5, 5.41) is 0. The highest BCUT2D eigenvalue weighted by Crippen LogP contribution is 2.34. The molecule has 1 amide bonds. The summed E-state index contributed by atoms with van der Waals surface area (Å²) in [6, 6.07) is 13.0. The van der Waals surface area contributed by atoms with E-state index in [2.05, 4.69) is 4.74 Å². The topological polar surface area (TPSA) is 55.6 Å². The van der Waals surface area contributed by atoms with Gasteiger partial charge in [-0.05, 0) is 55.2 Å². The van der Waals surface area contributed by atoms with Crippen LogP contribution in [0.2, 0.25) is 0 Å². The van der Waals surface area contributed by atoms with Crippen LogP contribution in [0.5, 0.6) is 5.75 Å². The maximum Gasteiger partial charge on any atom is 0.573 e. The molecule has 0 aliphatic carbocycles. The first-order valence-corrected chi connectivity index (χ1v) is 11.1. The van der Waals surface area contributed by atoms with Gasteiger partial charge in [-0.25, -0.2) is 4.39 Å². The SMILES string of the molecule is Cc1ccc(C(C(N)=O)N(CCCc2ccc(C(F)(F)F)cc2)c2ccc(F)c(OC(F)(F)F)c2)cc1. The number of alkyl halides is 6. The Balaban J connectivity index is 1.93. The molecule has 0 aliphatic rings. The maximum atomic E-state index is 14.1. The van der Waals surface area contributed by atoms with Crippen LogP contribution in [0.4, 0.5) is 36.4 Å². The predicted octanol–water partition coefficient (Wildman–Crippen LogP) is 6.72. The van der Waals surface area contributed by atoms with E-state index in [1.54, 1.807) is 24.3 Å². The number of carbonyl (C=O) groups is 1. The van der Waals surface area contributed by atoms with Gasteiger partial charge in [0.05, 0.1) is 5.56 Å². The molecule has 4 nitrogen and oxygen atoms in total. The average Bonchev–Trinajstić information content (AvgIpc) is 2.80. The highest BCUT2D eigenvalue weighted by molar-refractivity contribution is 5.85. The van der Waals surface area contributed by atoms with Crippen LogP contribution >= 0.6 is 0 Å². The fourth-order valence-corrected chi connectivity index (χ4v) is 3.84. The van der Waals surface area contributed by atoms with Crippen molar-refractivity contribution in [1.29, 1.82) is 0 Å². The minimum atomic E-state index is -5.15. The van der Waals surface area contributed by atoms with Crippen LogP contribution in [-0.4, -0.2) is 18.8 Å². The zero-order valence-corrected chi connectivity index (χ0v) is 19.5. The van der Waals surface area contributed by atoms with Gasteiger partial charge in [-0.2, -0.15) is 13.2 Å². The molecule has 0 radical (unpaired) electrons. The number of rotatable bonds is 9. The van der Waals surface area contributed by atoms with Gasteiger partial charge in [0, 0.05) is 18.3 Å². The number of hydrogen-bond acceptors (Lipinski definition) is 3. The molecule has 3 rings (SSSR count). The Morgan fingerprint density at radius 1 is 0.946 bits per heavy atom. The van der Waals surface area contributed by atoms with E-state index in [0.717, 1.165) is 29.8 Å². The van der Waals surface area contributed by atoms with E-state index in [0.29, 0.717) is 17.5 Å². The van der Waals surface area contributed by atoms with E-state index in [4.69, 9.17) is 5.73 Å². The molecule has 1 atom stereocenters. The molecule has 37 heavy (non-hydrogen) atoms. The van der Waals surface area contributed by atoms with Gasteiger partial charge in [0.2, 0.25) is 5.91 Å². The molecule has 2 N–H and O–H groups in total. The predicted molar refractivity (Wildman–Crippen MR) is 123 cm³/mol. The summed E-state index contributed by atoms with van der Waals surface area (Å²) in [7, 11) is 0. The third-order valence-electron chi connectivity index (χ3n) is 5.59. The number of anilines is 1. The van der Waals surface area contributed by atoms with Gasteiger partial charge in [-0.3, -0.25) is 4.79 Å². The van der Waals surface area contributed by atoms with E-state index >= 15 is 0 Å². The fourth-order valence-electron chi connectivity index (χ4n) is 3.84. The summed E-state index contributed by atoms with van der Waals surface area (Å²) in [6.45, 7) is 1.88. The molecule has 0 heterocycles. The molecule has 0 saturated carbocycles. The van der Waals surface area contributed by atoms with E-state index in [9.17, 15) is 35.5 Å². The van der Waals surface area contributed by atoms with Crippen molar-refractivity contribution in [3.05, 3.63) is 94.8 Å². The Morgan fingerprint density at radius 2 is 1.57 bits per heavy atom. The summed E-state index contributed by atoms with van der Waals surface area (Å²) in [5.41, 5.74) is 6.85. The molecule has 0 fully saturated rings. The Kier molecular flexibility index (Phi) is 8.35. The monoisotopic (exact) mass is 528 g/mol. The van der Waals surface area contributed by atoms with Crippen LogP contribution < -0.4 is 15.4 Å². The van der Waals surface area contributed by atoms with Gasteiger partial charge in [0.25, 0.3) is 0 Å². The van der Waals surface area contributed by atoms with E-state index < -0.39 is 41.6 Å². The minimum Gasteiger partial charge on any atom is -0.403 e. The highest BCUT2D eigenvalue weighted by Gasteiger charge is 2.34. The van der Waals surface area contributed by atoms with Crippen molar-refractivity contribution in [3.63, 3.8) is 0 Å². The van der Waals surface area contributed by atoms with E-state index in [1.807, 2.05) is 6.92 Å². The lowest BCUT2D eigenvalue weighted by molar-refractivity contribution is -0.275. The van der Waals surface area contributed by atoms with Gasteiger partial charge in [0.1, 0.15) is 6.04 Å². The van der Waals surface area contributed by atoms with Gasteiger partial charge in [-0.15, -0.1) is 13.2 Å². The largest absolute Gasteiger partial charge is 0.573 e. The van der Waals surface area contributed by atoms with Crippen LogP contribution in [-0.2, 0) is 17.4 Å². The first-order chi connectivity index (χ1) is 17.2. The number of nitrogens with zero attached hydrogens (tertiary/aromatic N) is 1. The number of primary amides is 1. The molecule has 3 aromatic rings. The van der Waals surface area contributed by atoms with Crippen molar-refractivity contribution in [3.8, 4) is 5.75 Å². The number of nitrogens with two attached hydrogens (primary N) is 1. The number of benzene rings is 3. The molecule has 198 valence electrons. The third-order valence-corrected chi connectivity index (χ3v) is 5.59. The van der Waals surface area contributed by atoms with E-state index in [-0.39, 0.29) is 18.7 Å². The number of amides is 1. The maximum absolute atomic E-state index is 14.1. The Bertz CT molecular complexity index is 1210. The number of hydrogen-bond donors (Lipinski definition) is 1. The molecular formula is C26H23F7N2O2. The van der Waals surface area contributed by atoms with E-state index in [1.165, 1.54) is 23.1 Å². The number of ether oxygens (including phenoxy) is 1. The fraction of sp³-hybridized carbons (Fsp3) is 0.269. The quantitative estimate of drug-likeness (QED) is 0.314. The van der Waals surface area contributed by atoms with Gasteiger partial charge in [-0.1, -0.05) is 42.0 Å². The molecule has 0 spiro atoms. The van der Waals surface area contributed by atoms with Crippen molar-refractivity contribution in [2.75, 3.05) is 11.4 Å². The van der Waals surface area contributed by atoms with Crippen molar-refractivity contribution < 1.29 is 40.3 Å². The first kappa shape index (κ1) is 27.8. The lowest BCUT2D eigenvalue weighted by Crippen LogP contribution is -2.39. The second-order valence-electron chi connectivity index (χ2n) is 8.37. The molecule has 0 aliphatic heterocycles. The molecular weight excluding hydrogens is 505 g/mol. The third kappa shape index (κ3) is 7.61. The summed E-state index contributed by atoms with van der Waals surface area (Å²) in [5.74, 6) is -3.14. The molecule has 3 aromatic carbocycles. The van der Waals surface area contributed by atoms with Gasteiger partial charge < -0.3 is 15.4 Å². The molecule has 0 bridgehead atoms. The van der Waals surface area contributed by atoms with Crippen LogP contribution in [0.15, 0.2) is 66.7 Å². The first-order valence-electron chi connectivity index (χ1n) is 11.1. The molecule has 11 heteroatoms. The standard InChI is InChI=1S/C26H23F7N2O2/c1-16-4-8-18(9-5-16)23(24(34)36)35(20-12-13-21(27)22(15-20)37-26(31,32)33)14-2-3-17-6-10-19(11-7-17)25(28,29)30/h4-13,15,23H,2-3,14H2,1H3,(H2,34,36). The average molecular weight is 528 g/mol. The smallest absolute Gasteiger partial charge is 0.403 e. The number of halogens is 7. The van der Waals surface area contributed by atoms with Crippen molar-refractivity contribution in [1.82, 2.24) is 0 Å². The second kappa shape index (κ2) is 11.1. The van der Waals surface area contributed by atoms with Gasteiger partial charge in [0.15, 0.2) is 11.6 Å². The highest BCUT2D eigenvalue weighted by atomic mass is 19.4. The Morgan fingerprint density at radius 3 is 2.11 bits per heavy atom. The van der Waals surface area contributed by atoms with Crippen LogP contribution in [0.3, 0.4) is 0 Å². The summed E-state index contributed by atoms with van der Waals surface area (Å²) >= 11 is 0. The second-order valence-corrected chi connectivity index (χ2v) is 8.37. The Hall–Kier alpha value is -3.76. The van der Waals surface area contributed by atoms with Crippen molar-refractivity contribution in [2.45, 2.75) is 38.3 Å². The number of carbonyl (C=O) groups excluding carboxylic acids is 1. The minimum absolute atomic E-state index is 0.0393. The van der Waals surface area contributed by atoms with Crippen LogP contribution in [0, 0.1) is 12.7 Å². The molecule has 0 saturated heterocycles. The number of aryl methyl sites for hydroxylation is 2. The van der Waals surface area contributed by atoms with Gasteiger partial charge >= 0.3 is 12.5 Å². The summed E-state index contributed by atoms with van der Waals surface area (Å²) in [6.07, 6.45) is -9.04. The Labute approximate surface area is 208 Å². The lowest BCUT2D eigenvalue weighted by atomic mass is 10.0. The summed E-state index contributed by atoms with van der Waals surface area (Å²) < 4.78 is 94.7. The molecule has 1 unspecified atom stereocenters. The lowest BCUT2D eigenvalue weighted by Gasteiger charge is -2.32. The van der Waals surface area contributed by atoms with Crippen LogP contribution in [0.25, 0.3) is 0 Å². The van der Waals surface area contributed by atoms with Crippen LogP contribution in [0.1, 0.15) is 34.7 Å². The summed E-state index contributed by atoms with van der Waals surface area (Å²) in [4.78, 5) is 14.0. The molecule has 0 aromatic heterocycles. The van der Waals surface area contributed by atoms with Crippen molar-refractivity contribution in [2.24, 2.45) is 5.73 Å². The van der Waals surface area contributed by atoms with Crippen molar-refractivity contribution >= 4 is 11.6 Å². The zero-order valence-electron chi connectivity index (χ0n) is 19.5. The normalized spacial score (nSPS) is 12.8.